The zero-order chi connectivity index (χ0) is 12.3. The first-order chi connectivity index (χ1) is 8.15. The van der Waals surface area contributed by atoms with E-state index in [0.29, 0.717) is 12.3 Å². The third-order valence-corrected chi connectivity index (χ3v) is 3.07. The van der Waals surface area contributed by atoms with Crippen LogP contribution in [0.3, 0.4) is 0 Å². The summed E-state index contributed by atoms with van der Waals surface area (Å²) >= 11 is 1.69. The molecule has 0 aliphatic heterocycles. The van der Waals surface area contributed by atoms with Crippen molar-refractivity contribution >= 4 is 17.3 Å². The molecule has 2 aromatic heterocycles. The van der Waals surface area contributed by atoms with Gasteiger partial charge in [-0.1, -0.05) is 11.2 Å². The Morgan fingerprint density at radius 2 is 2.41 bits per heavy atom. The van der Waals surface area contributed by atoms with E-state index in [9.17, 15) is 4.79 Å². The number of aromatic nitrogens is 1. The number of thiophene rings is 1. The maximum absolute atomic E-state index is 10.6. The lowest BCUT2D eigenvalue weighted by molar-refractivity contribution is 0.0685. The van der Waals surface area contributed by atoms with Crippen LogP contribution in [0.15, 0.2) is 28.1 Å². The fraction of sp³-hybridized carbons (Fsp3) is 0.273. The molecule has 2 aromatic rings. The number of nitrogens with zero attached hydrogens (tertiary/aromatic N) is 2. The maximum Gasteiger partial charge on any atom is 0.358 e. The van der Waals surface area contributed by atoms with Crippen molar-refractivity contribution in [2.45, 2.75) is 13.1 Å². The highest BCUT2D eigenvalue weighted by Gasteiger charge is 2.12. The summed E-state index contributed by atoms with van der Waals surface area (Å²) < 4.78 is 4.95. The molecule has 0 fully saturated rings. The molecule has 1 N–H and O–H groups in total. The van der Waals surface area contributed by atoms with Crippen LogP contribution in [0.1, 0.15) is 21.1 Å². The van der Waals surface area contributed by atoms with Crippen molar-refractivity contribution in [3.63, 3.8) is 0 Å². The minimum absolute atomic E-state index is 0.0514. The Bertz CT molecular complexity index is 493. The third-order valence-electron chi connectivity index (χ3n) is 2.21. The second-order valence-corrected chi connectivity index (χ2v) is 4.77. The highest BCUT2D eigenvalue weighted by atomic mass is 32.1. The molecular weight excluding hydrogens is 240 g/mol. The summed E-state index contributed by atoms with van der Waals surface area (Å²) in [6.07, 6.45) is 0. The number of rotatable bonds is 5. The molecule has 5 nitrogen and oxygen atoms in total. The van der Waals surface area contributed by atoms with E-state index in [1.165, 1.54) is 10.9 Å². The van der Waals surface area contributed by atoms with Gasteiger partial charge >= 0.3 is 5.97 Å². The summed E-state index contributed by atoms with van der Waals surface area (Å²) in [6.45, 7) is 1.35. The standard InChI is InChI=1S/C11H12N2O3S/c1-13(7-9-3-2-4-17-9)6-8-5-10(11(14)15)12-16-8/h2-5H,6-7H2,1H3,(H,14,15). The molecule has 0 aliphatic carbocycles. The number of carboxylic acid groups (broad SMARTS) is 1. The lowest BCUT2D eigenvalue weighted by atomic mass is 10.3. The zero-order valence-electron chi connectivity index (χ0n) is 9.29. The number of hydrogen-bond acceptors (Lipinski definition) is 5. The number of carboxylic acids is 1. The van der Waals surface area contributed by atoms with Crippen molar-refractivity contribution in [1.82, 2.24) is 10.1 Å². The minimum Gasteiger partial charge on any atom is -0.476 e. The van der Waals surface area contributed by atoms with Crippen molar-refractivity contribution in [2.24, 2.45) is 0 Å². The van der Waals surface area contributed by atoms with Crippen molar-refractivity contribution in [3.8, 4) is 0 Å². The Morgan fingerprint density at radius 1 is 1.59 bits per heavy atom. The lowest BCUT2D eigenvalue weighted by Crippen LogP contribution is -2.16. The quantitative estimate of drug-likeness (QED) is 0.882. The number of aromatic carboxylic acids is 1. The molecule has 90 valence electrons. The van der Waals surface area contributed by atoms with Crippen LogP contribution in [0.25, 0.3) is 0 Å². The Morgan fingerprint density at radius 3 is 3.00 bits per heavy atom. The fourth-order valence-electron chi connectivity index (χ4n) is 1.48. The van der Waals surface area contributed by atoms with E-state index in [4.69, 9.17) is 9.63 Å². The van der Waals surface area contributed by atoms with Gasteiger partial charge in [0.25, 0.3) is 0 Å². The minimum atomic E-state index is -1.07. The molecule has 2 rings (SSSR count). The van der Waals surface area contributed by atoms with Gasteiger partial charge in [-0.05, 0) is 18.5 Å². The summed E-state index contributed by atoms with van der Waals surface area (Å²) in [4.78, 5) is 13.9. The van der Waals surface area contributed by atoms with E-state index in [0.717, 1.165) is 6.54 Å². The largest absolute Gasteiger partial charge is 0.476 e. The van der Waals surface area contributed by atoms with Gasteiger partial charge in [0.2, 0.25) is 0 Å². The van der Waals surface area contributed by atoms with Gasteiger partial charge in [-0.3, -0.25) is 4.90 Å². The average Bonchev–Trinajstić information content (AvgIpc) is 2.88. The molecule has 0 bridgehead atoms. The van der Waals surface area contributed by atoms with Crippen molar-refractivity contribution in [2.75, 3.05) is 7.05 Å². The van der Waals surface area contributed by atoms with Gasteiger partial charge in [-0.2, -0.15) is 0 Å². The number of carbonyl (C=O) groups is 1. The second-order valence-electron chi connectivity index (χ2n) is 3.74. The first-order valence-corrected chi connectivity index (χ1v) is 5.93. The van der Waals surface area contributed by atoms with E-state index in [-0.39, 0.29) is 5.69 Å². The van der Waals surface area contributed by atoms with Crippen LogP contribution in [0.5, 0.6) is 0 Å². The van der Waals surface area contributed by atoms with Crippen LogP contribution in [0.4, 0.5) is 0 Å². The molecule has 0 atom stereocenters. The summed E-state index contributed by atoms with van der Waals surface area (Å²) in [5, 5.41) is 14.2. The SMILES string of the molecule is CN(Cc1cc(C(=O)O)no1)Cc1cccs1. The summed E-state index contributed by atoms with van der Waals surface area (Å²) in [5.74, 6) is -0.512. The van der Waals surface area contributed by atoms with Gasteiger partial charge in [-0.15, -0.1) is 11.3 Å². The smallest absolute Gasteiger partial charge is 0.358 e. The molecule has 2 heterocycles. The van der Waals surface area contributed by atoms with Gasteiger partial charge in [0, 0.05) is 17.5 Å². The lowest BCUT2D eigenvalue weighted by Gasteiger charge is -2.12. The molecule has 17 heavy (non-hydrogen) atoms. The summed E-state index contributed by atoms with van der Waals surface area (Å²) in [5.41, 5.74) is -0.0514. The molecular formula is C11H12N2O3S. The van der Waals surface area contributed by atoms with Crippen molar-refractivity contribution in [1.29, 1.82) is 0 Å². The molecule has 0 radical (unpaired) electrons. The Balaban J connectivity index is 1.93. The Kier molecular flexibility index (Phi) is 3.55. The fourth-order valence-corrected chi connectivity index (χ4v) is 2.26. The predicted molar refractivity (Wildman–Crippen MR) is 63.0 cm³/mol. The normalized spacial score (nSPS) is 10.9. The van der Waals surface area contributed by atoms with Crippen LogP contribution in [-0.4, -0.2) is 28.2 Å². The van der Waals surface area contributed by atoms with Crippen LogP contribution < -0.4 is 0 Å². The zero-order valence-corrected chi connectivity index (χ0v) is 10.1. The molecule has 0 saturated carbocycles. The van der Waals surface area contributed by atoms with Gasteiger partial charge in [-0.25, -0.2) is 4.79 Å². The molecule has 0 aliphatic rings. The topological polar surface area (TPSA) is 66.6 Å². The van der Waals surface area contributed by atoms with E-state index >= 15 is 0 Å². The monoisotopic (exact) mass is 252 g/mol. The van der Waals surface area contributed by atoms with Gasteiger partial charge in [0.15, 0.2) is 11.5 Å². The molecule has 0 spiro atoms. The highest BCUT2D eigenvalue weighted by Crippen LogP contribution is 2.13. The van der Waals surface area contributed by atoms with Gasteiger partial charge in [0.1, 0.15) is 0 Å². The molecule has 0 unspecified atom stereocenters. The molecule has 0 amide bonds. The predicted octanol–water partition coefficient (Wildman–Crippen LogP) is 2.07. The van der Waals surface area contributed by atoms with Crippen molar-refractivity contribution < 1.29 is 14.4 Å². The van der Waals surface area contributed by atoms with Crippen LogP contribution >= 0.6 is 11.3 Å². The van der Waals surface area contributed by atoms with E-state index in [2.05, 4.69) is 11.2 Å². The Labute approximate surface area is 102 Å². The first-order valence-electron chi connectivity index (χ1n) is 5.05. The van der Waals surface area contributed by atoms with Crippen molar-refractivity contribution in [3.05, 3.63) is 39.9 Å². The first kappa shape index (κ1) is 11.8. The summed E-state index contributed by atoms with van der Waals surface area (Å²) in [7, 11) is 1.95. The average molecular weight is 252 g/mol. The van der Waals surface area contributed by atoms with E-state index in [1.54, 1.807) is 11.3 Å². The maximum atomic E-state index is 10.6. The van der Waals surface area contributed by atoms with Gasteiger partial charge in [0.05, 0.1) is 6.54 Å². The van der Waals surface area contributed by atoms with E-state index in [1.807, 2.05) is 23.4 Å². The van der Waals surface area contributed by atoms with Crippen LogP contribution in [0.2, 0.25) is 0 Å². The van der Waals surface area contributed by atoms with Gasteiger partial charge < -0.3 is 9.63 Å². The molecule has 0 aromatic carbocycles. The third kappa shape index (κ3) is 3.15. The second kappa shape index (κ2) is 5.11. The molecule has 0 saturated heterocycles. The summed E-state index contributed by atoms with van der Waals surface area (Å²) in [6, 6.07) is 5.52. The van der Waals surface area contributed by atoms with Crippen LogP contribution in [-0.2, 0) is 13.1 Å². The Hall–Kier alpha value is -1.66. The van der Waals surface area contributed by atoms with Crippen LogP contribution in [0, 0.1) is 0 Å². The highest BCUT2D eigenvalue weighted by molar-refractivity contribution is 7.09. The van der Waals surface area contributed by atoms with E-state index < -0.39 is 5.97 Å². The number of hydrogen-bond donors (Lipinski definition) is 1. The molecule has 6 heteroatoms.